The van der Waals surface area contributed by atoms with E-state index in [1.165, 1.54) is 0 Å². The number of hydrogen-bond acceptors (Lipinski definition) is 0. The Hall–Kier alpha value is -0.715. The fourth-order valence-electron chi connectivity index (χ4n) is 0.192. The third-order valence-corrected chi connectivity index (χ3v) is 0.446. The molecule has 0 aliphatic rings. The van der Waals surface area contributed by atoms with Gasteiger partial charge in [0.15, 0.2) is 0 Å². The van der Waals surface area contributed by atoms with Gasteiger partial charge in [-0.15, -0.1) is 12.1 Å². The molecule has 0 aliphatic carbocycles. The molecule has 0 spiro atoms. The van der Waals surface area contributed by atoms with E-state index >= 15 is 0 Å². The van der Waals surface area contributed by atoms with Crippen molar-refractivity contribution in [2.45, 2.75) is 27.7 Å². The first-order valence-corrected chi connectivity index (χ1v) is 4.01. The third kappa shape index (κ3) is 45.7. The van der Waals surface area contributed by atoms with Crippen LogP contribution >= 0.6 is 0 Å². The molecule has 0 fully saturated rings. The molecule has 0 aliphatic heterocycles. The van der Waals surface area contributed by atoms with E-state index in [0.29, 0.717) is 5.47 Å². The second-order valence-electron chi connectivity index (χ2n) is 1.17. The molecule has 0 atom stereocenters. The van der Waals surface area contributed by atoms with Crippen LogP contribution < -0.4 is 0 Å². The molecular formula is C10H19B. The van der Waals surface area contributed by atoms with Crippen molar-refractivity contribution in [3.05, 3.63) is 36.9 Å². The van der Waals surface area contributed by atoms with Gasteiger partial charge in [-0.1, -0.05) is 52.5 Å². The van der Waals surface area contributed by atoms with Gasteiger partial charge in [0.05, 0.1) is 0 Å². The van der Waals surface area contributed by atoms with E-state index in [0.717, 1.165) is 0 Å². The van der Waals surface area contributed by atoms with Crippen LogP contribution in [0.1, 0.15) is 27.7 Å². The van der Waals surface area contributed by atoms with Crippen molar-refractivity contribution in [3.8, 4) is 0 Å². The van der Waals surface area contributed by atoms with Crippen LogP contribution in [0.3, 0.4) is 0 Å². The van der Waals surface area contributed by atoms with Crippen molar-refractivity contribution in [1.29, 1.82) is 0 Å². The summed E-state index contributed by atoms with van der Waals surface area (Å²) in [5, 5.41) is 0. The van der Waals surface area contributed by atoms with Crippen molar-refractivity contribution in [2.75, 3.05) is 0 Å². The predicted molar refractivity (Wildman–Crippen MR) is 56.9 cm³/mol. The lowest BCUT2D eigenvalue weighted by Crippen LogP contribution is -1.64. The zero-order valence-corrected chi connectivity index (χ0v) is 8.22. The van der Waals surface area contributed by atoms with Crippen LogP contribution in [0, 0.1) is 0 Å². The minimum atomic E-state index is 0.555. The number of rotatable bonds is 2. The zero-order chi connectivity index (χ0) is 9.70. The van der Waals surface area contributed by atoms with Crippen molar-refractivity contribution in [2.24, 2.45) is 0 Å². The lowest BCUT2D eigenvalue weighted by molar-refractivity contribution is 1.50. The van der Waals surface area contributed by atoms with E-state index in [1.54, 1.807) is 18.2 Å². The molecule has 11 heavy (non-hydrogen) atoms. The van der Waals surface area contributed by atoms with Crippen LogP contribution in [0.15, 0.2) is 36.9 Å². The van der Waals surface area contributed by atoms with Crippen molar-refractivity contribution in [3.63, 3.8) is 0 Å². The average molecular weight is 150 g/mol. The molecule has 1 heteroatoms. The minimum absolute atomic E-state index is 0.555. The highest BCUT2D eigenvalue weighted by Gasteiger charge is 1.65. The Bertz CT molecular complexity index is 101. The average Bonchev–Trinajstić information content (AvgIpc) is 2.08. The monoisotopic (exact) mass is 150 g/mol. The summed E-state index contributed by atoms with van der Waals surface area (Å²) in [6.07, 6.45) is 5.08. The van der Waals surface area contributed by atoms with Gasteiger partial charge in [0.25, 0.3) is 0 Å². The summed E-state index contributed by atoms with van der Waals surface area (Å²) >= 11 is 0. The molecule has 0 amide bonds. The minimum Gasteiger partial charge on any atom is -0.106 e. The van der Waals surface area contributed by atoms with Gasteiger partial charge in [-0.3, -0.25) is 0 Å². The molecule has 0 nitrogen and oxygen atoms in total. The van der Waals surface area contributed by atoms with Crippen LogP contribution in [-0.4, -0.2) is 7.85 Å². The van der Waals surface area contributed by atoms with E-state index in [4.69, 9.17) is 7.85 Å². The van der Waals surface area contributed by atoms with Crippen LogP contribution in [0.5, 0.6) is 0 Å². The first-order chi connectivity index (χ1) is 5.27. The van der Waals surface area contributed by atoms with Crippen LogP contribution in [0.2, 0.25) is 0 Å². The first kappa shape index (κ1) is 16.7. The zero-order valence-electron chi connectivity index (χ0n) is 8.22. The molecule has 0 saturated carbocycles. The molecule has 2 radical (unpaired) electrons. The molecule has 62 valence electrons. The fraction of sp³-hybridized carbons (Fsp3) is 0.400. The Balaban J connectivity index is -0.000000138. The first-order valence-electron chi connectivity index (χ1n) is 4.01. The maximum absolute atomic E-state index is 5.15. The quantitative estimate of drug-likeness (QED) is 0.417. The molecule has 0 N–H and O–H groups in total. The largest absolute Gasteiger partial charge is 0.112 e. The summed E-state index contributed by atoms with van der Waals surface area (Å²) in [6, 6.07) is 0. The molecular weight excluding hydrogens is 131 g/mol. The summed E-state index contributed by atoms with van der Waals surface area (Å²) < 4.78 is 0. The van der Waals surface area contributed by atoms with Gasteiger partial charge in [0, 0.05) is 0 Å². The van der Waals surface area contributed by atoms with Crippen LogP contribution in [0.4, 0.5) is 0 Å². The SMILES string of the molecule is CC.CC.[B]C(=C)/C=C\C=C. The summed E-state index contributed by atoms with van der Waals surface area (Å²) in [5.41, 5.74) is 0.555. The molecule has 0 rings (SSSR count). The lowest BCUT2D eigenvalue weighted by atomic mass is 9.98. The second-order valence-corrected chi connectivity index (χ2v) is 1.17. The molecule has 0 aromatic carbocycles. The Morgan fingerprint density at radius 2 is 1.55 bits per heavy atom. The van der Waals surface area contributed by atoms with Gasteiger partial charge in [-0.05, 0) is 0 Å². The topological polar surface area (TPSA) is 0 Å². The normalized spacial score (nSPS) is 6.91. The van der Waals surface area contributed by atoms with E-state index in [9.17, 15) is 0 Å². The highest BCUT2D eigenvalue weighted by molar-refractivity contribution is 6.23. The Morgan fingerprint density at radius 3 is 1.64 bits per heavy atom. The molecule has 0 heterocycles. The van der Waals surface area contributed by atoms with E-state index in [-0.39, 0.29) is 0 Å². The van der Waals surface area contributed by atoms with E-state index < -0.39 is 0 Å². The van der Waals surface area contributed by atoms with Gasteiger partial charge < -0.3 is 0 Å². The Kier molecular flexibility index (Phi) is 34.7. The van der Waals surface area contributed by atoms with Gasteiger partial charge in [0.1, 0.15) is 7.85 Å². The van der Waals surface area contributed by atoms with Gasteiger partial charge in [-0.25, -0.2) is 0 Å². The van der Waals surface area contributed by atoms with E-state index in [1.807, 2.05) is 27.7 Å². The third-order valence-electron chi connectivity index (χ3n) is 0.446. The predicted octanol–water partition coefficient (Wildman–Crippen LogP) is 3.46. The highest BCUT2D eigenvalue weighted by atomic mass is 13.6. The van der Waals surface area contributed by atoms with Crippen molar-refractivity contribution in [1.82, 2.24) is 0 Å². The molecule has 0 saturated heterocycles. The molecule has 0 unspecified atom stereocenters. The van der Waals surface area contributed by atoms with Crippen LogP contribution in [-0.2, 0) is 0 Å². The van der Waals surface area contributed by atoms with E-state index in [2.05, 4.69) is 13.2 Å². The highest BCUT2D eigenvalue weighted by Crippen LogP contribution is 1.81. The van der Waals surface area contributed by atoms with Gasteiger partial charge in [0.2, 0.25) is 0 Å². The second kappa shape index (κ2) is 22.8. The fourth-order valence-corrected chi connectivity index (χ4v) is 0.192. The molecule has 0 aromatic heterocycles. The summed E-state index contributed by atoms with van der Waals surface area (Å²) in [6.45, 7) is 14.9. The maximum atomic E-state index is 5.15. The van der Waals surface area contributed by atoms with Crippen LogP contribution in [0.25, 0.3) is 0 Å². The molecule has 0 aromatic rings. The standard InChI is InChI=1S/C6H7B.2C2H6/c1-3-4-5-6(2)7;2*1-2/h3-5H,1-2H2;2*1-2H3/b5-4-;;. The number of allylic oxidation sites excluding steroid dienone is 4. The lowest BCUT2D eigenvalue weighted by Gasteiger charge is -1.77. The maximum Gasteiger partial charge on any atom is 0.112 e. The smallest absolute Gasteiger partial charge is 0.106 e. The van der Waals surface area contributed by atoms with Crippen molar-refractivity contribution >= 4 is 7.85 Å². The van der Waals surface area contributed by atoms with Gasteiger partial charge >= 0.3 is 0 Å². The van der Waals surface area contributed by atoms with Crippen molar-refractivity contribution < 1.29 is 0 Å². The Morgan fingerprint density at radius 1 is 1.18 bits per heavy atom. The summed E-state index contributed by atoms with van der Waals surface area (Å²) in [5.74, 6) is 0. The van der Waals surface area contributed by atoms with Gasteiger partial charge in [-0.2, -0.15) is 0 Å². The summed E-state index contributed by atoms with van der Waals surface area (Å²) in [7, 11) is 5.15. The molecule has 0 bridgehead atoms. The Labute approximate surface area is 73.1 Å². The number of hydrogen-bond donors (Lipinski definition) is 0. The summed E-state index contributed by atoms with van der Waals surface area (Å²) in [4.78, 5) is 0.